The minimum atomic E-state index is -0.855. The van der Waals surface area contributed by atoms with Crippen molar-refractivity contribution in [3.8, 4) is 0 Å². The van der Waals surface area contributed by atoms with Gasteiger partial charge in [0, 0.05) is 23.4 Å². The zero-order valence-corrected chi connectivity index (χ0v) is 13.7. The number of pyridine rings is 1. The fraction of sp³-hybridized carbons (Fsp3) is 0.263. The van der Waals surface area contributed by atoms with Gasteiger partial charge in [-0.3, -0.25) is 10.0 Å². The van der Waals surface area contributed by atoms with E-state index in [1.807, 2.05) is 62.4 Å². The van der Waals surface area contributed by atoms with Crippen molar-refractivity contribution in [2.75, 3.05) is 0 Å². The van der Waals surface area contributed by atoms with Gasteiger partial charge in [-0.1, -0.05) is 38.1 Å². The van der Waals surface area contributed by atoms with Crippen LogP contribution in [-0.2, 0) is 11.3 Å². The van der Waals surface area contributed by atoms with Crippen LogP contribution in [0.1, 0.15) is 19.4 Å². The Balaban J connectivity index is 2.14. The number of nitrogens with one attached hydrogen (secondary N) is 1. The van der Waals surface area contributed by atoms with Crippen molar-refractivity contribution >= 4 is 27.8 Å². The van der Waals surface area contributed by atoms with Crippen molar-refractivity contribution in [3.63, 3.8) is 0 Å². The number of hydrogen-bond acceptors (Lipinski definition) is 3. The highest BCUT2D eigenvalue weighted by Gasteiger charge is 2.24. The summed E-state index contributed by atoms with van der Waals surface area (Å²) in [5, 5.41) is 24.8. The van der Waals surface area contributed by atoms with Gasteiger partial charge in [0.2, 0.25) is 0 Å². The standard InChI is InChI=1S/C19H20N2O3/c1-12(2)18(19(22)23)20-11-15-13-7-3-5-9-16(13)21(24)17-10-6-4-8-14(15)17/h3-10,12,18,20H,11H2,1-2H3,(H-,22,23,24)/p+1. The molecule has 1 aromatic heterocycles. The van der Waals surface area contributed by atoms with Gasteiger partial charge < -0.3 is 10.4 Å². The van der Waals surface area contributed by atoms with Gasteiger partial charge in [-0.25, -0.2) is 0 Å². The van der Waals surface area contributed by atoms with Crippen LogP contribution in [-0.4, -0.2) is 22.3 Å². The summed E-state index contributed by atoms with van der Waals surface area (Å²) in [7, 11) is 0. The first-order valence-corrected chi connectivity index (χ1v) is 8.00. The molecular weight excluding hydrogens is 304 g/mol. The Bertz CT molecular complexity index is 849. The Labute approximate surface area is 140 Å². The van der Waals surface area contributed by atoms with E-state index in [1.165, 1.54) is 4.73 Å². The SMILES string of the molecule is CC(C)C(NCc1c2ccccc2[n+](O)c2ccccc12)C(=O)O. The number of carboxylic acid groups (broad SMARTS) is 1. The van der Waals surface area contributed by atoms with E-state index in [1.54, 1.807) is 0 Å². The average Bonchev–Trinajstić information content (AvgIpc) is 2.57. The number of nitrogens with zero attached hydrogens (tertiary/aromatic N) is 1. The summed E-state index contributed by atoms with van der Waals surface area (Å²) < 4.78 is 1.19. The van der Waals surface area contributed by atoms with Crippen LogP contribution in [0.2, 0.25) is 0 Å². The van der Waals surface area contributed by atoms with E-state index in [-0.39, 0.29) is 5.92 Å². The van der Waals surface area contributed by atoms with E-state index in [0.29, 0.717) is 17.6 Å². The van der Waals surface area contributed by atoms with Gasteiger partial charge >= 0.3 is 5.97 Å². The molecule has 0 aliphatic heterocycles. The number of para-hydroxylation sites is 2. The fourth-order valence-electron chi connectivity index (χ4n) is 3.11. The second kappa shape index (κ2) is 6.45. The highest BCUT2D eigenvalue weighted by molar-refractivity contribution is 5.93. The molecule has 1 unspecified atom stereocenters. The smallest absolute Gasteiger partial charge is 0.320 e. The maximum absolute atomic E-state index is 11.4. The molecule has 0 spiro atoms. The zero-order valence-electron chi connectivity index (χ0n) is 13.7. The number of rotatable bonds is 5. The number of carbonyl (C=O) groups is 1. The molecule has 0 radical (unpaired) electrons. The lowest BCUT2D eigenvalue weighted by Crippen LogP contribution is -2.41. The van der Waals surface area contributed by atoms with E-state index < -0.39 is 12.0 Å². The number of aliphatic carboxylic acids is 1. The van der Waals surface area contributed by atoms with Gasteiger partial charge in [-0.05, 0) is 23.6 Å². The van der Waals surface area contributed by atoms with Crippen molar-refractivity contribution in [1.82, 2.24) is 5.32 Å². The summed E-state index contributed by atoms with van der Waals surface area (Å²) in [6.07, 6.45) is 0. The summed E-state index contributed by atoms with van der Waals surface area (Å²) >= 11 is 0. The first-order valence-electron chi connectivity index (χ1n) is 8.00. The van der Waals surface area contributed by atoms with Crippen LogP contribution in [0.3, 0.4) is 0 Å². The molecule has 124 valence electrons. The molecule has 3 N–H and O–H groups in total. The molecule has 0 aliphatic carbocycles. The summed E-state index contributed by atoms with van der Waals surface area (Å²) in [5.74, 6) is -0.877. The van der Waals surface area contributed by atoms with E-state index >= 15 is 0 Å². The number of carboxylic acids is 1. The highest BCUT2D eigenvalue weighted by Crippen LogP contribution is 2.24. The first-order chi connectivity index (χ1) is 11.5. The van der Waals surface area contributed by atoms with Gasteiger partial charge in [0.05, 0.1) is 10.8 Å². The molecule has 5 nitrogen and oxygen atoms in total. The largest absolute Gasteiger partial charge is 0.480 e. The minimum absolute atomic E-state index is 0.0217. The van der Waals surface area contributed by atoms with E-state index in [9.17, 15) is 15.1 Å². The lowest BCUT2D eigenvalue weighted by Gasteiger charge is -2.18. The molecule has 0 bridgehead atoms. The number of hydrogen-bond donors (Lipinski definition) is 3. The van der Waals surface area contributed by atoms with Crippen LogP contribution >= 0.6 is 0 Å². The molecule has 1 atom stereocenters. The predicted octanol–water partition coefficient (Wildman–Crippen LogP) is 2.72. The maximum atomic E-state index is 11.4. The lowest BCUT2D eigenvalue weighted by atomic mass is 10.0. The molecule has 0 saturated carbocycles. The molecule has 1 heterocycles. The minimum Gasteiger partial charge on any atom is -0.480 e. The number of fused-ring (bicyclic) bond motifs is 2. The third-order valence-electron chi connectivity index (χ3n) is 4.35. The predicted molar refractivity (Wildman–Crippen MR) is 91.9 cm³/mol. The second-order valence-electron chi connectivity index (χ2n) is 6.27. The Kier molecular flexibility index (Phi) is 4.36. The van der Waals surface area contributed by atoms with Crippen LogP contribution in [0.15, 0.2) is 48.5 Å². The van der Waals surface area contributed by atoms with Gasteiger partial charge in [0.15, 0.2) is 0 Å². The van der Waals surface area contributed by atoms with Crippen LogP contribution in [0.5, 0.6) is 0 Å². The van der Waals surface area contributed by atoms with E-state index in [2.05, 4.69) is 5.32 Å². The summed E-state index contributed by atoms with van der Waals surface area (Å²) in [4.78, 5) is 11.4. The number of benzene rings is 2. The van der Waals surface area contributed by atoms with Crippen molar-refractivity contribution in [2.45, 2.75) is 26.4 Å². The van der Waals surface area contributed by atoms with Gasteiger partial charge in [-0.2, -0.15) is 0 Å². The molecule has 2 aromatic carbocycles. The lowest BCUT2D eigenvalue weighted by molar-refractivity contribution is -0.864. The third-order valence-corrected chi connectivity index (χ3v) is 4.35. The molecule has 24 heavy (non-hydrogen) atoms. The van der Waals surface area contributed by atoms with E-state index in [4.69, 9.17) is 0 Å². The topological polar surface area (TPSA) is 73.4 Å². The Morgan fingerprint density at radius 3 is 2.00 bits per heavy atom. The molecule has 3 aromatic rings. The third kappa shape index (κ3) is 2.78. The summed E-state index contributed by atoms with van der Waals surface area (Å²) in [6, 6.07) is 14.5. The van der Waals surface area contributed by atoms with Gasteiger partial charge in [0.25, 0.3) is 11.0 Å². The van der Waals surface area contributed by atoms with Crippen molar-refractivity contribution in [2.24, 2.45) is 5.92 Å². The van der Waals surface area contributed by atoms with Crippen molar-refractivity contribution in [1.29, 1.82) is 0 Å². The van der Waals surface area contributed by atoms with Crippen LogP contribution < -0.4 is 10.0 Å². The normalized spacial score (nSPS) is 12.8. The first kappa shape index (κ1) is 16.2. The Morgan fingerprint density at radius 2 is 1.54 bits per heavy atom. The van der Waals surface area contributed by atoms with Crippen LogP contribution in [0.25, 0.3) is 21.8 Å². The quantitative estimate of drug-likeness (QED) is 0.383. The molecular formula is C19H21N2O3+. The highest BCUT2D eigenvalue weighted by atomic mass is 16.5. The molecule has 5 heteroatoms. The van der Waals surface area contributed by atoms with Crippen LogP contribution in [0.4, 0.5) is 0 Å². The molecule has 3 rings (SSSR count). The molecule has 0 fully saturated rings. The Morgan fingerprint density at radius 1 is 1.04 bits per heavy atom. The van der Waals surface area contributed by atoms with Gasteiger partial charge in [-0.15, -0.1) is 0 Å². The maximum Gasteiger partial charge on any atom is 0.320 e. The summed E-state index contributed by atoms with van der Waals surface area (Å²) in [5.41, 5.74) is 2.38. The number of aromatic nitrogens is 1. The molecule has 0 amide bonds. The van der Waals surface area contributed by atoms with Gasteiger partial charge in [0.1, 0.15) is 6.04 Å². The molecule has 0 saturated heterocycles. The molecule has 0 aliphatic rings. The van der Waals surface area contributed by atoms with E-state index in [0.717, 1.165) is 16.3 Å². The van der Waals surface area contributed by atoms with Crippen LogP contribution in [0, 0.1) is 5.92 Å². The van der Waals surface area contributed by atoms with Crippen molar-refractivity contribution < 1.29 is 19.8 Å². The summed E-state index contributed by atoms with van der Waals surface area (Å²) in [6.45, 7) is 4.18. The fourth-order valence-corrected chi connectivity index (χ4v) is 3.11. The second-order valence-corrected chi connectivity index (χ2v) is 6.27. The monoisotopic (exact) mass is 325 g/mol. The zero-order chi connectivity index (χ0) is 17.3. The Hall–Kier alpha value is -2.66. The average molecular weight is 325 g/mol. The van der Waals surface area contributed by atoms with Crippen molar-refractivity contribution in [3.05, 3.63) is 54.1 Å².